The van der Waals surface area contributed by atoms with E-state index >= 15 is 0 Å². The number of nitrogens with two attached hydrogens (primary N) is 1. The van der Waals surface area contributed by atoms with E-state index in [2.05, 4.69) is 4.90 Å². The lowest BCUT2D eigenvalue weighted by molar-refractivity contribution is 0.159. The van der Waals surface area contributed by atoms with Gasteiger partial charge < -0.3 is 15.4 Å². The van der Waals surface area contributed by atoms with Crippen LogP contribution in [0.5, 0.6) is 5.75 Å². The number of nitrogens with zero attached hydrogens (tertiary/aromatic N) is 2. The Bertz CT molecular complexity index is 589. The lowest BCUT2D eigenvalue weighted by Crippen LogP contribution is -2.51. The van der Waals surface area contributed by atoms with Crippen molar-refractivity contribution in [3.05, 3.63) is 18.2 Å². The number of nitrogen functional groups attached to an aromatic ring is 1. The van der Waals surface area contributed by atoms with Crippen LogP contribution in [0.3, 0.4) is 0 Å². The largest absolute Gasteiger partial charge is 0.495 e. The van der Waals surface area contributed by atoms with Crippen LogP contribution in [-0.4, -0.2) is 57.5 Å². The predicted molar refractivity (Wildman–Crippen MR) is 78.3 cm³/mol. The van der Waals surface area contributed by atoms with Crippen LogP contribution in [-0.2, 0) is 10.0 Å². The van der Waals surface area contributed by atoms with Crippen LogP contribution < -0.4 is 10.5 Å². The molecule has 1 heterocycles. The van der Waals surface area contributed by atoms with E-state index in [1.807, 2.05) is 14.0 Å². The number of sulfonamides is 1. The quantitative estimate of drug-likeness (QED) is 0.827. The highest BCUT2D eigenvalue weighted by Gasteiger charge is 2.32. The zero-order chi connectivity index (χ0) is 14.9. The number of piperazine rings is 1. The van der Waals surface area contributed by atoms with E-state index in [0.717, 1.165) is 0 Å². The van der Waals surface area contributed by atoms with Crippen LogP contribution in [0, 0.1) is 0 Å². The van der Waals surface area contributed by atoms with Crippen LogP contribution >= 0.6 is 0 Å². The predicted octanol–water partition coefficient (Wildman–Crippen LogP) is 0.602. The number of likely N-dealkylation sites (N-methyl/N-ethyl adjacent to an activating group) is 1. The zero-order valence-corrected chi connectivity index (χ0v) is 12.9. The van der Waals surface area contributed by atoms with Crippen LogP contribution in [0.4, 0.5) is 5.69 Å². The second-order valence-electron chi connectivity index (χ2n) is 5.10. The summed E-state index contributed by atoms with van der Waals surface area (Å²) in [6.45, 7) is 3.67. The third-order valence-electron chi connectivity index (χ3n) is 3.73. The van der Waals surface area contributed by atoms with Crippen molar-refractivity contribution in [1.29, 1.82) is 0 Å². The van der Waals surface area contributed by atoms with Crippen molar-refractivity contribution >= 4 is 15.7 Å². The van der Waals surface area contributed by atoms with E-state index in [9.17, 15) is 8.42 Å². The molecule has 20 heavy (non-hydrogen) atoms. The molecule has 112 valence electrons. The molecule has 0 aromatic heterocycles. The molecule has 0 bridgehead atoms. The van der Waals surface area contributed by atoms with Gasteiger partial charge in [-0.2, -0.15) is 4.31 Å². The number of hydrogen-bond acceptors (Lipinski definition) is 5. The van der Waals surface area contributed by atoms with Gasteiger partial charge in [-0.05, 0) is 32.2 Å². The molecule has 0 saturated carbocycles. The van der Waals surface area contributed by atoms with E-state index in [1.54, 1.807) is 12.1 Å². The third-order valence-corrected chi connectivity index (χ3v) is 5.61. The molecule has 1 aliphatic rings. The first-order chi connectivity index (χ1) is 9.36. The van der Waals surface area contributed by atoms with E-state index in [4.69, 9.17) is 10.5 Å². The van der Waals surface area contributed by atoms with Crippen molar-refractivity contribution in [1.82, 2.24) is 9.21 Å². The molecule has 1 unspecified atom stereocenters. The second kappa shape index (κ2) is 5.59. The highest BCUT2D eigenvalue weighted by Crippen LogP contribution is 2.29. The van der Waals surface area contributed by atoms with Gasteiger partial charge in [0.2, 0.25) is 10.0 Å². The Morgan fingerprint density at radius 3 is 2.65 bits per heavy atom. The van der Waals surface area contributed by atoms with Gasteiger partial charge in [0.1, 0.15) is 10.6 Å². The van der Waals surface area contributed by atoms with Crippen molar-refractivity contribution in [2.75, 3.05) is 39.5 Å². The van der Waals surface area contributed by atoms with Gasteiger partial charge in [0.25, 0.3) is 0 Å². The lowest BCUT2D eigenvalue weighted by atomic mass is 10.2. The molecule has 7 heteroatoms. The summed E-state index contributed by atoms with van der Waals surface area (Å²) in [6.07, 6.45) is 0. The number of ether oxygens (including phenoxy) is 1. The van der Waals surface area contributed by atoms with Crippen LogP contribution in [0.25, 0.3) is 0 Å². The maximum Gasteiger partial charge on any atom is 0.246 e. The van der Waals surface area contributed by atoms with Crippen molar-refractivity contribution in [2.45, 2.75) is 17.9 Å². The topological polar surface area (TPSA) is 75.9 Å². The average Bonchev–Trinajstić information content (AvgIpc) is 2.41. The molecule has 1 saturated heterocycles. The number of rotatable bonds is 3. The lowest BCUT2D eigenvalue weighted by Gasteiger charge is -2.37. The van der Waals surface area contributed by atoms with Crippen molar-refractivity contribution in [3.8, 4) is 5.75 Å². The molecular formula is C13H21N3O3S. The fourth-order valence-electron chi connectivity index (χ4n) is 2.27. The number of benzene rings is 1. The Hall–Kier alpha value is -1.31. The van der Waals surface area contributed by atoms with Gasteiger partial charge >= 0.3 is 0 Å². The summed E-state index contributed by atoms with van der Waals surface area (Å²) in [5, 5.41) is 0. The summed E-state index contributed by atoms with van der Waals surface area (Å²) in [4.78, 5) is 2.28. The van der Waals surface area contributed by atoms with Crippen molar-refractivity contribution in [3.63, 3.8) is 0 Å². The number of anilines is 1. The molecule has 1 atom stereocenters. The van der Waals surface area contributed by atoms with Gasteiger partial charge in [0.05, 0.1) is 7.11 Å². The Morgan fingerprint density at radius 1 is 1.35 bits per heavy atom. The van der Waals surface area contributed by atoms with Crippen LogP contribution in [0.15, 0.2) is 23.1 Å². The zero-order valence-electron chi connectivity index (χ0n) is 12.0. The highest BCUT2D eigenvalue weighted by atomic mass is 32.2. The third kappa shape index (κ3) is 2.74. The minimum Gasteiger partial charge on any atom is -0.495 e. The number of hydrogen-bond donors (Lipinski definition) is 1. The van der Waals surface area contributed by atoms with Gasteiger partial charge in [-0.25, -0.2) is 8.42 Å². The van der Waals surface area contributed by atoms with Gasteiger partial charge in [0.15, 0.2) is 0 Å². The molecule has 0 spiro atoms. The van der Waals surface area contributed by atoms with E-state index in [0.29, 0.717) is 31.1 Å². The summed E-state index contributed by atoms with van der Waals surface area (Å²) in [7, 11) is -0.131. The average molecular weight is 299 g/mol. The molecule has 0 aliphatic carbocycles. The Kier molecular flexibility index (Phi) is 4.22. The van der Waals surface area contributed by atoms with E-state index in [-0.39, 0.29) is 10.9 Å². The maximum absolute atomic E-state index is 12.7. The minimum atomic E-state index is -3.58. The van der Waals surface area contributed by atoms with Gasteiger partial charge in [0, 0.05) is 31.4 Å². The minimum absolute atomic E-state index is 0.136. The van der Waals surface area contributed by atoms with E-state index < -0.39 is 10.0 Å². The maximum atomic E-state index is 12.7. The normalized spacial score (nSPS) is 21.9. The first-order valence-corrected chi connectivity index (χ1v) is 7.94. The number of methoxy groups -OCH3 is 1. The first kappa shape index (κ1) is 15.1. The Labute approximate surface area is 120 Å². The van der Waals surface area contributed by atoms with Crippen molar-refractivity contribution in [2.24, 2.45) is 0 Å². The van der Waals surface area contributed by atoms with E-state index in [1.165, 1.54) is 17.5 Å². The highest BCUT2D eigenvalue weighted by molar-refractivity contribution is 7.89. The molecule has 2 N–H and O–H groups in total. The molecule has 6 nitrogen and oxygen atoms in total. The smallest absolute Gasteiger partial charge is 0.246 e. The van der Waals surface area contributed by atoms with Gasteiger partial charge in [-0.1, -0.05) is 0 Å². The second-order valence-corrected chi connectivity index (χ2v) is 7.01. The molecule has 0 radical (unpaired) electrons. The molecule has 2 rings (SSSR count). The summed E-state index contributed by atoms with van der Waals surface area (Å²) in [6, 6.07) is 4.86. The standard InChI is InChI=1S/C13H21N3O3S/c1-10-9-16(7-6-15(10)2)20(17,18)13-8-11(14)4-5-12(13)19-3/h4-5,8,10H,6-7,9,14H2,1-3H3. The van der Waals surface area contributed by atoms with Gasteiger partial charge in [-0.15, -0.1) is 0 Å². The molecular weight excluding hydrogens is 278 g/mol. The fourth-order valence-corrected chi connectivity index (χ4v) is 3.97. The summed E-state index contributed by atoms with van der Waals surface area (Å²) < 4.78 is 32.1. The molecule has 1 aromatic carbocycles. The summed E-state index contributed by atoms with van der Waals surface area (Å²) in [5.41, 5.74) is 6.12. The Morgan fingerprint density at radius 2 is 2.05 bits per heavy atom. The van der Waals surface area contributed by atoms with Crippen LogP contribution in [0.2, 0.25) is 0 Å². The van der Waals surface area contributed by atoms with Crippen LogP contribution in [0.1, 0.15) is 6.92 Å². The summed E-state index contributed by atoms with van der Waals surface area (Å²) in [5.74, 6) is 0.325. The van der Waals surface area contributed by atoms with Gasteiger partial charge in [-0.3, -0.25) is 0 Å². The SMILES string of the molecule is COc1ccc(N)cc1S(=O)(=O)N1CCN(C)C(C)C1. The fraction of sp³-hybridized carbons (Fsp3) is 0.538. The molecule has 1 fully saturated rings. The monoisotopic (exact) mass is 299 g/mol. The molecule has 1 aromatic rings. The van der Waals surface area contributed by atoms with Crippen molar-refractivity contribution < 1.29 is 13.2 Å². The molecule has 0 amide bonds. The first-order valence-electron chi connectivity index (χ1n) is 6.50. The Balaban J connectivity index is 2.38. The molecule has 1 aliphatic heterocycles. The summed E-state index contributed by atoms with van der Waals surface area (Å²) >= 11 is 0.